The predicted octanol–water partition coefficient (Wildman–Crippen LogP) is 6.48. The molecule has 0 saturated carbocycles. The van der Waals surface area contributed by atoms with Crippen LogP contribution in [-0.4, -0.2) is 16.8 Å². The number of carbonyl (C=O) groups is 2. The standard InChI is InChI=1S/C31H20F2N4O2/c32-23-14-10-21(11-15-23)30(38)37(31(39)22-12-16-24(33)17-13-22)29-26(18-34)28(25-8-4-5-9-27(25)36-29)35-19-20-6-2-1-3-7-20/h1-17H,19H2,(H,35,36). The number of nitrogens with one attached hydrogen (secondary N) is 1. The van der Waals surface area contributed by atoms with E-state index in [0.717, 1.165) is 34.7 Å². The highest BCUT2D eigenvalue weighted by Crippen LogP contribution is 2.34. The number of imide groups is 1. The first-order chi connectivity index (χ1) is 19.0. The van der Waals surface area contributed by atoms with Crippen molar-refractivity contribution in [1.29, 1.82) is 5.26 Å². The Bertz CT molecular complexity index is 1660. The summed E-state index contributed by atoms with van der Waals surface area (Å²) >= 11 is 0. The maximum absolute atomic E-state index is 13.8. The summed E-state index contributed by atoms with van der Waals surface area (Å²) in [6, 6.07) is 28.0. The fourth-order valence-electron chi connectivity index (χ4n) is 4.16. The third-order valence-corrected chi connectivity index (χ3v) is 6.10. The lowest BCUT2D eigenvalue weighted by Crippen LogP contribution is -2.38. The van der Waals surface area contributed by atoms with Crippen molar-refractivity contribution in [2.45, 2.75) is 6.54 Å². The van der Waals surface area contributed by atoms with Crippen molar-refractivity contribution in [2.75, 3.05) is 10.2 Å². The highest BCUT2D eigenvalue weighted by atomic mass is 19.1. The molecule has 1 aromatic heterocycles. The van der Waals surface area contributed by atoms with Gasteiger partial charge in [-0.1, -0.05) is 48.5 Å². The molecular weight excluding hydrogens is 498 g/mol. The van der Waals surface area contributed by atoms with Crippen molar-refractivity contribution in [3.63, 3.8) is 0 Å². The summed E-state index contributed by atoms with van der Waals surface area (Å²) in [6.45, 7) is 0.362. The summed E-state index contributed by atoms with van der Waals surface area (Å²) in [6.07, 6.45) is 0. The van der Waals surface area contributed by atoms with E-state index < -0.39 is 23.4 Å². The van der Waals surface area contributed by atoms with E-state index in [2.05, 4.69) is 16.4 Å². The van der Waals surface area contributed by atoms with Gasteiger partial charge in [-0.25, -0.2) is 18.7 Å². The molecule has 0 atom stereocenters. The van der Waals surface area contributed by atoms with Crippen molar-refractivity contribution in [3.05, 3.63) is 137 Å². The van der Waals surface area contributed by atoms with Gasteiger partial charge in [0.2, 0.25) is 0 Å². The molecule has 0 unspecified atom stereocenters. The minimum absolute atomic E-state index is 0.00417. The first kappa shape index (κ1) is 25.2. The minimum Gasteiger partial charge on any atom is -0.379 e. The lowest BCUT2D eigenvalue weighted by Gasteiger charge is -2.23. The van der Waals surface area contributed by atoms with Crippen molar-refractivity contribution in [3.8, 4) is 6.07 Å². The molecule has 5 rings (SSSR count). The molecule has 2 amide bonds. The number of amides is 2. The molecule has 6 nitrogen and oxygen atoms in total. The number of rotatable bonds is 6. The van der Waals surface area contributed by atoms with Crippen LogP contribution in [-0.2, 0) is 6.54 Å². The fraction of sp³-hybridized carbons (Fsp3) is 0.0323. The molecule has 5 aromatic rings. The molecule has 0 bridgehead atoms. The SMILES string of the molecule is N#Cc1c(N(C(=O)c2ccc(F)cc2)C(=O)c2ccc(F)cc2)nc2ccccc2c1NCc1ccccc1. The summed E-state index contributed by atoms with van der Waals surface area (Å²) in [5.41, 5.74) is 1.76. The van der Waals surface area contributed by atoms with E-state index in [1.807, 2.05) is 30.3 Å². The highest BCUT2D eigenvalue weighted by Gasteiger charge is 2.31. The van der Waals surface area contributed by atoms with Gasteiger partial charge in [-0.15, -0.1) is 0 Å². The Morgan fingerprint density at radius 1 is 0.769 bits per heavy atom. The van der Waals surface area contributed by atoms with Gasteiger partial charge in [-0.2, -0.15) is 5.26 Å². The van der Waals surface area contributed by atoms with Gasteiger partial charge in [0, 0.05) is 23.1 Å². The number of pyridine rings is 1. The van der Waals surface area contributed by atoms with Gasteiger partial charge in [0.15, 0.2) is 5.82 Å². The lowest BCUT2D eigenvalue weighted by molar-refractivity contribution is 0.0896. The van der Waals surface area contributed by atoms with E-state index in [1.54, 1.807) is 24.3 Å². The van der Waals surface area contributed by atoms with Crippen LogP contribution in [0.15, 0.2) is 103 Å². The van der Waals surface area contributed by atoms with E-state index in [-0.39, 0.29) is 22.5 Å². The van der Waals surface area contributed by atoms with Gasteiger partial charge < -0.3 is 5.32 Å². The zero-order chi connectivity index (χ0) is 27.4. The molecule has 190 valence electrons. The van der Waals surface area contributed by atoms with Crippen LogP contribution in [0.1, 0.15) is 31.8 Å². The summed E-state index contributed by atoms with van der Waals surface area (Å²) in [5, 5.41) is 14.2. The molecule has 0 aliphatic heterocycles. The minimum atomic E-state index is -0.822. The van der Waals surface area contributed by atoms with Crippen molar-refractivity contribution in [1.82, 2.24) is 4.98 Å². The topological polar surface area (TPSA) is 86.1 Å². The molecule has 1 heterocycles. The van der Waals surface area contributed by atoms with Crippen molar-refractivity contribution < 1.29 is 18.4 Å². The lowest BCUT2D eigenvalue weighted by atomic mass is 10.1. The molecule has 1 N–H and O–H groups in total. The smallest absolute Gasteiger partial charge is 0.266 e. The van der Waals surface area contributed by atoms with E-state index in [0.29, 0.717) is 23.1 Å². The highest BCUT2D eigenvalue weighted by molar-refractivity contribution is 6.26. The monoisotopic (exact) mass is 518 g/mol. The normalized spacial score (nSPS) is 10.6. The van der Waals surface area contributed by atoms with Crippen LogP contribution < -0.4 is 10.2 Å². The average Bonchev–Trinajstić information content (AvgIpc) is 2.97. The third kappa shape index (κ3) is 5.20. The molecule has 0 radical (unpaired) electrons. The molecule has 0 spiro atoms. The molecule has 0 aliphatic carbocycles. The second-order valence-corrected chi connectivity index (χ2v) is 8.61. The van der Waals surface area contributed by atoms with E-state index >= 15 is 0 Å². The molecule has 8 heteroatoms. The summed E-state index contributed by atoms with van der Waals surface area (Å²) in [4.78, 5) is 32.9. The van der Waals surface area contributed by atoms with Crippen LogP contribution in [0, 0.1) is 23.0 Å². The molecule has 0 aliphatic rings. The van der Waals surface area contributed by atoms with Crippen LogP contribution >= 0.6 is 0 Å². The number of nitrogens with zero attached hydrogens (tertiary/aromatic N) is 3. The Hall–Kier alpha value is -5.42. The van der Waals surface area contributed by atoms with Gasteiger partial charge in [0.1, 0.15) is 23.3 Å². The Balaban J connectivity index is 1.71. The van der Waals surface area contributed by atoms with Gasteiger partial charge in [-0.3, -0.25) is 9.59 Å². The Morgan fingerprint density at radius 2 is 1.31 bits per heavy atom. The second kappa shape index (κ2) is 10.9. The molecule has 0 saturated heterocycles. The largest absolute Gasteiger partial charge is 0.379 e. The quantitative estimate of drug-likeness (QED) is 0.260. The molecule has 0 fully saturated rings. The average molecular weight is 519 g/mol. The number of carbonyl (C=O) groups excluding carboxylic acids is 2. The van der Waals surface area contributed by atoms with Crippen molar-refractivity contribution in [2.24, 2.45) is 0 Å². The fourth-order valence-corrected chi connectivity index (χ4v) is 4.16. The first-order valence-electron chi connectivity index (χ1n) is 12.0. The van der Waals surface area contributed by atoms with E-state index in [9.17, 15) is 23.6 Å². The van der Waals surface area contributed by atoms with Gasteiger partial charge in [0.25, 0.3) is 11.8 Å². The number of anilines is 2. The number of hydrogen-bond acceptors (Lipinski definition) is 5. The van der Waals surface area contributed by atoms with Gasteiger partial charge >= 0.3 is 0 Å². The predicted molar refractivity (Wildman–Crippen MR) is 144 cm³/mol. The number of halogens is 2. The molecular formula is C31H20F2N4O2. The zero-order valence-corrected chi connectivity index (χ0v) is 20.4. The molecule has 4 aromatic carbocycles. The summed E-state index contributed by atoms with van der Waals surface area (Å²) < 4.78 is 27.2. The van der Waals surface area contributed by atoms with Gasteiger partial charge in [0.05, 0.1) is 11.2 Å². The number of para-hydroxylation sites is 1. The maximum Gasteiger partial charge on any atom is 0.266 e. The van der Waals surface area contributed by atoms with Crippen molar-refractivity contribution >= 4 is 34.2 Å². The third-order valence-electron chi connectivity index (χ3n) is 6.10. The summed E-state index contributed by atoms with van der Waals surface area (Å²) in [7, 11) is 0. The Kier molecular flexibility index (Phi) is 7.06. The van der Waals surface area contributed by atoms with Crippen LogP contribution in [0.25, 0.3) is 10.9 Å². The van der Waals surface area contributed by atoms with E-state index in [1.165, 1.54) is 24.3 Å². The Morgan fingerprint density at radius 3 is 1.87 bits per heavy atom. The number of nitriles is 1. The van der Waals surface area contributed by atoms with E-state index in [4.69, 9.17) is 0 Å². The van der Waals surface area contributed by atoms with Crippen LogP contribution in [0.4, 0.5) is 20.3 Å². The number of fused-ring (bicyclic) bond motifs is 1. The van der Waals surface area contributed by atoms with Crippen LogP contribution in [0.3, 0.4) is 0 Å². The number of aromatic nitrogens is 1. The maximum atomic E-state index is 13.8. The number of benzene rings is 4. The van der Waals surface area contributed by atoms with Crippen LogP contribution in [0.2, 0.25) is 0 Å². The summed E-state index contributed by atoms with van der Waals surface area (Å²) in [5.74, 6) is -2.96. The first-order valence-corrected chi connectivity index (χ1v) is 12.0. The molecule has 39 heavy (non-hydrogen) atoms. The Labute approximate surface area is 222 Å². The van der Waals surface area contributed by atoms with Gasteiger partial charge in [-0.05, 0) is 60.2 Å². The zero-order valence-electron chi connectivity index (χ0n) is 20.4. The second-order valence-electron chi connectivity index (χ2n) is 8.61. The number of hydrogen-bond donors (Lipinski definition) is 1. The van der Waals surface area contributed by atoms with Crippen LogP contribution in [0.5, 0.6) is 0 Å².